The van der Waals surface area contributed by atoms with E-state index in [1.807, 2.05) is 91.0 Å². The summed E-state index contributed by atoms with van der Waals surface area (Å²) in [6.07, 6.45) is 0. The largest absolute Gasteiger partial charge is 0.493 e. The molecule has 1 aliphatic heterocycles. The maximum atomic E-state index is 13.2. The number of ether oxygens (including phenoxy) is 2. The van der Waals surface area contributed by atoms with E-state index < -0.39 is 0 Å². The van der Waals surface area contributed by atoms with Crippen molar-refractivity contribution in [1.29, 1.82) is 0 Å². The van der Waals surface area contributed by atoms with Crippen molar-refractivity contribution >= 4 is 28.6 Å². The Bertz CT molecular complexity index is 1420. The van der Waals surface area contributed by atoms with Gasteiger partial charge < -0.3 is 25.8 Å². The van der Waals surface area contributed by atoms with Crippen molar-refractivity contribution in [2.45, 2.75) is 6.04 Å². The first-order chi connectivity index (χ1) is 17.6. The Kier molecular flexibility index (Phi) is 6.43. The van der Waals surface area contributed by atoms with Crippen LogP contribution in [0.1, 0.15) is 28.3 Å². The Morgan fingerprint density at radius 3 is 2.03 bits per heavy atom. The number of carbonyl (C=O) groups is 1. The third-order valence-electron chi connectivity index (χ3n) is 6.28. The Labute approximate surface area is 210 Å². The number of hydrogen-bond acceptors (Lipinski definition) is 5. The highest BCUT2D eigenvalue weighted by Crippen LogP contribution is 2.43. The van der Waals surface area contributed by atoms with E-state index in [4.69, 9.17) is 15.2 Å². The molecule has 0 spiro atoms. The highest BCUT2D eigenvalue weighted by atomic mass is 16.5. The summed E-state index contributed by atoms with van der Waals surface area (Å²) in [5.74, 6) is 0.906. The molecule has 1 heterocycles. The first-order valence-corrected chi connectivity index (χ1v) is 11.6. The Morgan fingerprint density at radius 2 is 1.39 bits per heavy atom. The Morgan fingerprint density at radius 1 is 0.806 bits per heavy atom. The van der Waals surface area contributed by atoms with Crippen LogP contribution in [-0.2, 0) is 4.79 Å². The maximum Gasteiger partial charge on any atom is 0.258 e. The number of fused-ring (bicyclic) bond motifs is 1. The second kappa shape index (κ2) is 9.98. The van der Waals surface area contributed by atoms with Gasteiger partial charge in [-0.2, -0.15) is 0 Å². The number of anilines is 2. The summed E-state index contributed by atoms with van der Waals surface area (Å²) >= 11 is 0. The minimum atomic E-state index is -0.220. The summed E-state index contributed by atoms with van der Waals surface area (Å²) in [6, 6.07) is 31.1. The Hall–Kier alpha value is -4.55. The van der Waals surface area contributed by atoms with Gasteiger partial charge in [-0.15, -0.1) is 0 Å². The molecule has 0 aliphatic carbocycles. The quantitative estimate of drug-likeness (QED) is 0.298. The molecule has 1 amide bonds. The van der Waals surface area contributed by atoms with Crippen LogP contribution in [0.3, 0.4) is 0 Å². The summed E-state index contributed by atoms with van der Waals surface area (Å²) in [4.78, 5) is 13.2. The SMILES string of the molecule is COc1cc2c(cc1OC)/C(=C(/Nc1ccc(C(N)c3ccccc3)cc1)c1ccccc1)C(=O)N2. The number of nitrogens with one attached hydrogen (secondary N) is 2. The highest BCUT2D eigenvalue weighted by molar-refractivity contribution is 6.37. The summed E-state index contributed by atoms with van der Waals surface area (Å²) in [5, 5.41) is 6.45. The van der Waals surface area contributed by atoms with E-state index in [1.165, 1.54) is 0 Å². The number of amides is 1. The first-order valence-electron chi connectivity index (χ1n) is 11.6. The van der Waals surface area contributed by atoms with Crippen LogP contribution < -0.4 is 25.8 Å². The summed E-state index contributed by atoms with van der Waals surface area (Å²) in [5.41, 5.74) is 12.9. The van der Waals surface area contributed by atoms with Gasteiger partial charge in [-0.25, -0.2) is 0 Å². The molecular formula is C30H27N3O3. The van der Waals surface area contributed by atoms with Crippen LogP contribution in [0, 0.1) is 0 Å². The van der Waals surface area contributed by atoms with Crippen LogP contribution in [0.5, 0.6) is 11.5 Å². The normalized spacial score (nSPS) is 14.5. The molecule has 0 saturated carbocycles. The molecule has 4 aromatic rings. The number of nitrogens with two attached hydrogens (primary N) is 1. The van der Waals surface area contributed by atoms with Crippen molar-refractivity contribution in [1.82, 2.24) is 0 Å². The van der Waals surface area contributed by atoms with Crippen LogP contribution in [0.4, 0.5) is 11.4 Å². The third-order valence-corrected chi connectivity index (χ3v) is 6.28. The van der Waals surface area contributed by atoms with E-state index in [9.17, 15) is 4.79 Å². The van der Waals surface area contributed by atoms with Crippen LogP contribution in [0.25, 0.3) is 11.3 Å². The van der Waals surface area contributed by atoms with E-state index >= 15 is 0 Å². The van der Waals surface area contributed by atoms with Crippen molar-refractivity contribution in [3.8, 4) is 11.5 Å². The molecule has 5 rings (SSSR count). The fourth-order valence-corrected chi connectivity index (χ4v) is 4.40. The van der Waals surface area contributed by atoms with Gasteiger partial charge in [-0.3, -0.25) is 4.79 Å². The van der Waals surface area contributed by atoms with Gasteiger partial charge in [0.15, 0.2) is 11.5 Å². The third kappa shape index (κ3) is 4.42. The average Bonchev–Trinajstić information content (AvgIpc) is 3.26. The molecule has 6 heteroatoms. The number of carbonyl (C=O) groups excluding carboxylic acids is 1. The topological polar surface area (TPSA) is 85.6 Å². The molecule has 0 radical (unpaired) electrons. The van der Waals surface area contributed by atoms with Gasteiger partial charge in [0, 0.05) is 17.3 Å². The minimum absolute atomic E-state index is 0.200. The fourth-order valence-electron chi connectivity index (χ4n) is 4.40. The zero-order valence-corrected chi connectivity index (χ0v) is 20.1. The molecule has 36 heavy (non-hydrogen) atoms. The molecule has 0 fully saturated rings. The van der Waals surface area contributed by atoms with Crippen molar-refractivity contribution in [3.63, 3.8) is 0 Å². The first kappa shape index (κ1) is 23.2. The van der Waals surface area contributed by atoms with Gasteiger partial charge in [0.1, 0.15) is 0 Å². The molecule has 6 nitrogen and oxygen atoms in total. The highest BCUT2D eigenvalue weighted by Gasteiger charge is 2.30. The van der Waals surface area contributed by atoms with Crippen molar-refractivity contribution < 1.29 is 14.3 Å². The molecule has 4 N–H and O–H groups in total. The van der Waals surface area contributed by atoms with Crippen LogP contribution in [-0.4, -0.2) is 20.1 Å². The standard InChI is InChI=1S/C30H27N3O3/c1-35-25-17-23-24(18-26(25)36-2)33-30(34)27(23)29(21-11-7-4-8-12-21)32-22-15-13-20(14-16-22)28(31)19-9-5-3-6-10-19/h3-18,28,32H,31H2,1-2H3,(H,33,34)/b29-27-. The summed E-state index contributed by atoms with van der Waals surface area (Å²) in [7, 11) is 3.15. The second-order valence-corrected chi connectivity index (χ2v) is 8.46. The molecule has 1 atom stereocenters. The van der Waals surface area contributed by atoms with Crippen LogP contribution in [0.15, 0.2) is 97.1 Å². The van der Waals surface area contributed by atoms with Crippen molar-refractivity contribution in [3.05, 3.63) is 119 Å². The molecular weight excluding hydrogens is 450 g/mol. The monoisotopic (exact) mass is 477 g/mol. The Balaban J connectivity index is 1.56. The maximum absolute atomic E-state index is 13.2. The molecule has 4 aromatic carbocycles. The zero-order chi connectivity index (χ0) is 25.1. The lowest BCUT2D eigenvalue weighted by atomic mass is 9.98. The van der Waals surface area contributed by atoms with E-state index in [2.05, 4.69) is 10.6 Å². The van der Waals surface area contributed by atoms with Gasteiger partial charge in [-0.1, -0.05) is 72.8 Å². The number of rotatable bonds is 7. The predicted molar refractivity (Wildman–Crippen MR) is 144 cm³/mol. The smallest absolute Gasteiger partial charge is 0.258 e. The van der Waals surface area contributed by atoms with Gasteiger partial charge in [0.05, 0.1) is 37.2 Å². The minimum Gasteiger partial charge on any atom is -0.493 e. The molecule has 0 saturated heterocycles. The van der Waals surface area contributed by atoms with Crippen molar-refractivity contribution in [2.24, 2.45) is 5.73 Å². The molecule has 0 bridgehead atoms. The van der Waals surface area contributed by atoms with Crippen LogP contribution >= 0.6 is 0 Å². The number of methoxy groups -OCH3 is 2. The number of hydrogen-bond donors (Lipinski definition) is 3. The van der Waals surface area contributed by atoms with E-state index in [0.29, 0.717) is 28.5 Å². The fraction of sp³-hybridized carbons (Fsp3) is 0.100. The lowest BCUT2D eigenvalue weighted by Crippen LogP contribution is -2.12. The molecule has 0 aromatic heterocycles. The van der Waals surface area contributed by atoms with Gasteiger partial charge in [0.25, 0.3) is 5.91 Å². The van der Waals surface area contributed by atoms with Gasteiger partial charge in [0.2, 0.25) is 0 Å². The van der Waals surface area contributed by atoms with Gasteiger partial charge in [-0.05, 0) is 34.9 Å². The van der Waals surface area contributed by atoms with E-state index in [1.54, 1.807) is 20.3 Å². The molecule has 180 valence electrons. The molecule has 1 aliphatic rings. The molecule has 1 unspecified atom stereocenters. The summed E-state index contributed by atoms with van der Waals surface area (Å²) in [6.45, 7) is 0. The van der Waals surface area contributed by atoms with Crippen molar-refractivity contribution in [2.75, 3.05) is 24.9 Å². The number of benzene rings is 4. The lowest BCUT2D eigenvalue weighted by molar-refractivity contribution is -0.110. The average molecular weight is 478 g/mol. The zero-order valence-electron chi connectivity index (χ0n) is 20.1. The van der Waals surface area contributed by atoms with Crippen LogP contribution in [0.2, 0.25) is 0 Å². The lowest BCUT2D eigenvalue weighted by Gasteiger charge is -2.17. The van der Waals surface area contributed by atoms with E-state index in [0.717, 1.165) is 27.9 Å². The van der Waals surface area contributed by atoms with Gasteiger partial charge >= 0.3 is 0 Å². The summed E-state index contributed by atoms with van der Waals surface area (Å²) < 4.78 is 10.9. The predicted octanol–water partition coefficient (Wildman–Crippen LogP) is 5.68. The van der Waals surface area contributed by atoms with E-state index in [-0.39, 0.29) is 11.9 Å². The second-order valence-electron chi connectivity index (χ2n) is 8.46.